The van der Waals surface area contributed by atoms with E-state index in [2.05, 4.69) is 33.5 Å². The minimum absolute atomic E-state index is 0.0469. The molecule has 0 saturated heterocycles. The zero-order valence-electron chi connectivity index (χ0n) is 16.4. The minimum Gasteiger partial charge on any atom is -0.492 e. The van der Waals surface area contributed by atoms with Crippen LogP contribution < -0.4 is 15.4 Å². The Hall–Kier alpha value is -2.34. The van der Waals surface area contributed by atoms with Crippen molar-refractivity contribution in [3.05, 3.63) is 58.1 Å². The normalized spacial score (nSPS) is 10.4. The number of benzene rings is 2. The number of ether oxygens (including phenoxy) is 1. The molecule has 5 nitrogen and oxygen atoms in total. The lowest BCUT2D eigenvalue weighted by molar-refractivity contribution is -0.119. The second-order valence-electron chi connectivity index (χ2n) is 6.56. The quantitative estimate of drug-likeness (QED) is 0.507. The molecule has 0 heterocycles. The smallest absolute Gasteiger partial charge is 0.255 e. The Morgan fingerprint density at radius 3 is 2.43 bits per heavy atom. The van der Waals surface area contributed by atoms with Crippen molar-refractivity contribution in [3.63, 3.8) is 0 Å². The number of carbonyl (C=O) groups is 2. The van der Waals surface area contributed by atoms with E-state index < -0.39 is 0 Å². The van der Waals surface area contributed by atoms with Crippen molar-refractivity contribution in [2.45, 2.75) is 39.0 Å². The van der Waals surface area contributed by atoms with Crippen molar-refractivity contribution in [1.29, 1.82) is 0 Å². The third kappa shape index (κ3) is 7.00. The van der Waals surface area contributed by atoms with Gasteiger partial charge in [0.25, 0.3) is 5.91 Å². The monoisotopic (exact) mass is 446 g/mol. The Bertz CT molecular complexity index is 791. The molecule has 2 amide bonds. The summed E-state index contributed by atoms with van der Waals surface area (Å²) in [7, 11) is 1.61. The molecular formula is C22H27BrN2O3. The summed E-state index contributed by atoms with van der Waals surface area (Å²) in [5.74, 6) is 0.496. The summed E-state index contributed by atoms with van der Waals surface area (Å²) in [5, 5.41) is 5.45. The maximum atomic E-state index is 12.5. The maximum absolute atomic E-state index is 12.5. The molecule has 0 aliphatic carbocycles. The Balaban J connectivity index is 1.91. The van der Waals surface area contributed by atoms with E-state index in [-0.39, 0.29) is 11.8 Å². The molecule has 2 aromatic carbocycles. The van der Waals surface area contributed by atoms with Crippen LogP contribution in [-0.4, -0.2) is 25.5 Å². The topological polar surface area (TPSA) is 67.4 Å². The fourth-order valence-corrected chi connectivity index (χ4v) is 3.15. The van der Waals surface area contributed by atoms with Crippen molar-refractivity contribution in [1.82, 2.24) is 5.32 Å². The van der Waals surface area contributed by atoms with Gasteiger partial charge in [-0.25, -0.2) is 0 Å². The van der Waals surface area contributed by atoms with E-state index in [0.29, 0.717) is 24.3 Å². The third-order valence-electron chi connectivity index (χ3n) is 4.30. The van der Waals surface area contributed by atoms with Crippen LogP contribution in [-0.2, 0) is 11.2 Å². The van der Waals surface area contributed by atoms with Gasteiger partial charge in [-0.3, -0.25) is 9.59 Å². The molecule has 2 N–H and O–H groups in total. The second-order valence-corrected chi connectivity index (χ2v) is 7.41. The highest BCUT2D eigenvalue weighted by Gasteiger charge is 2.10. The predicted molar refractivity (Wildman–Crippen MR) is 116 cm³/mol. The molecule has 0 bridgehead atoms. The van der Waals surface area contributed by atoms with Gasteiger partial charge in [0.1, 0.15) is 5.75 Å². The van der Waals surface area contributed by atoms with Gasteiger partial charge in [-0.1, -0.05) is 38.3 Å². The predicted octanol–water partition coefficient (Wildman–Crippen LogP) is 4.95. The number of hydrogen-bond donors (Lipinski definition) is 2. The van der Waals surface area contributed by atoms with Crippen LogP contribution in [0.1, 0.15) is 48.5 Å². The number of hydrogen-bond acceptors (Lipinski definition) is 3. The van der Waals surface area contributed by atoms with Crippen LogP contribution >= 0.6 is 15.9 Å². The summed E-state index contributed by atoms with van der Waals surface area (Å²) in [6.45, 7) is 2.85. The Morgan fingerprint density at radius 1 is 1.04 bits per heavy atom. The summed E-state index contributed by atoms with van der Waals surface area (Å²) in [4.78, 5) is 23.9. The lowest BCUT2D eigenvalue weighted by atomic mass is 10.1. The van der Waals surface area contributed by atoms with Crippen LogP contribution in [0.25, 0.3) is 0 Å². The lowest BCUT2D eigenvalue weighted by Gasteiger charge is -2.10. The van der Waals surface area contributed by atoms with Crippen LogP contribution in [0.4, 0.5) is 5.69 Å². The van der Waals surface area contributed by atoms with Crippen LogP contribution in [0.15, 0.2) is 46.9 Å². The van der Waals surface area contributed by atoms with Gasteiger partial charge in [0.15, 0.2) is 0 Å². The van der Waals surface area contributed by atoms with Crippen molar-refractivity contribution in [3.8, 4) is 5.75 Å². The summed E-state index contributed by atoms with van der Waals surface area (Å²) >= 11 is 3.48. The highest BCUT2D eigenvalue weighted by atomic mass is 79.9. The molecule has 0 fully saturated rings. The van der Waals surface area contributed by atoms with Gasteiger partial charge in [-0.2, -0.15) is 0 Å². The SMILES string of the molecule is CCCCCCOc1ccc(C(=O)Nc2ccc(CC(=O)NC)cc2)cc1Br. The van der Waals surface area contributed by atoms with E-state index in [1.807, 2.05) is 18.2 Å². The van der Waals surface area contributed by atoms with Gasteiger partial charge in [0.05, 0.1) is 17.5 Å². The zero-order chi connectivity index (χ0) is 20.4. The molecule has 6 heteroatoms. The lowest BCUT2D eigenvalue weighted by Crippen LogP contribution is -2.19. The molecular weight excluding hydrogens is 420 g/mol. The highest BCUT2D eigenvalue weighted by molar-refractivity contribution is 9.10. The number of anilines is 1. The summed E-state index contributed by atoms with van der Waals surface area (Å²) < 4.78 is 6.54. The first-order chi connectivity index (χ1) is 13.5. The number of unbranched alkanes of at least 4 members (excludes halogenated alkanes) is 3. The molecule has 0 spiro atoms. The Labute approximate surface area is 175 Å². The Kier molecular flexibility index (Phi) is 9.01. The molecule has 0 aliphatic heterocycles. The highest BCUT2D eigenvalue weighted by Crippen LogP contribution is 2.27. The molecule has 0 atom stereocenters. The van der Waals surface area contributed by atoms with Crippen LogP contribution in [0.5, 0.6) is 5.75 Å². The molecule has 0 unspecified atom stereocenters. The van der Waals surface area contributed by atoms with Crippen LogP contribution in [0.3, 0.4) is 0 Å². The van der Waals surface area contributed by atoms with Gasteiger partial charge in [0.2, 0.25) is 5.91 Å². The first kappa shape index (κ1) is 22.0. The van der Waals surface area contributed by atoms with Gasteiger partial charge in [-0.15, -0.1) is 0 Å². The zero-order valence-corrected chi connectivity index (χ0v) is 18.0. The fraction of sp³-hybridized carbons (Fsp3) is 0.364. The molecule has 0 saturated carbocycles. The van der Waals surface area contributed by atoms with E-state index in [4.69, 9.17) is 4.74 Å². The average Bonchev–Trinajstić information content (AvgIpc) is 2.70. The second kappa shape index (κ2) is 11.5. The summed E-state index contributed by atoms with van der Waals surface area (Å²) in [5.41, 5.74) is 2.11. The van der Waals surface area contributed by atoms with Crippen LogP contribution in [0.2, 0.25) is 0 Å². The third-order valence-corrected chi connectivity index (χ3v) is 4.92. The first-order valence-electron chi connectivity index (χ1n) is 9.56. The van der Waals surface area contributed by atoms with E-state index in [9.17, 15) is 9.59 Å². The summed E-state index contributed by atoms with van der Waals surface area (Å²) in [6, 6.07) is 12.6. The van der Waals surface area contributed by atoms with E-state index in [1.165, 1.54) is 12.8 Å². The molecule has 2 rings (SSSR count). The first-order valence-corrected chi connectivity index (χ1v) is 10.4. The molecule has 2 aromatic rings. The number of halogens is 1. The minimum atomic E-state index is -0.200. The van der Waals surface area contributed by atoms with Gasteiger partial charge in [-0.05, 0) is 58.2 Å². The molecule has 0 radical (unpaired) electrons. The van der Waals surface area contributed by atoms with Gasteiger partial charge < -0.3 is 15.4 Å². The van der Waals surface area contributed by atoms with E-state index >= 15 is 0 Å². The van der Waals surface area contributed by atoms with Crippen molar-refractivity contribution < 1.29 is 14.3 Å². The maximum Gasteiger partial charge on any atom is 0.255 e. The van der Waals surface area contributed by atoms with Gasteiger partial charge >= 0.3 is 0 Å². The number of likely N-dealkylation sites (N-methyl/N-ethyl adjacent to an activating group) is 1. The summed E-state index contributed by atoms with van der Waals surface area (Å²) in [6.07, 6.45) is 4.92. The number of rotatable bonds is 10. The van der Waals surface area contributed by atoms with E-state index in [0.717, 1.165) is 28.6 Å². The standard InChI is InChI=1S/C22H27BrN2O3/c1-3-4-5-6-13-28-20-12-9-17(15-19(20)23)22(27)25-18-10-7-16(8-11-18)14-21(26)24-2/h7-12,15H,3-6,13-14H2,1-2H3,(H,24,26)(H,25,27). The largest absolute Gasteiger partial charge is 0.492 e. The van der Waals surface area contributed by atoms with Crippen molar-refractivity contribution in [2.24, 2.45) is 0 Å². The average molecular weight is 447 g/mol. The number of amides is 2. The molecule has 0 aliphatic rings. The molecule has 0 aromatic heterocycles. The van der Waals surface area contributed by atoms with Crippen molar-refractivity contribution >= 4 is 33.4 Å². The molecule has 150 valence electrons. The van der Waals surface area contributed by atoms with E-state index in [1.54, 1.807) is 31.3 Å². The molecule has 28 heavy (non-hydrogen) atoms. The number of nitrogens with one attached hydrogen (secondary N) is 2. The number of carbonyl (C=O) groups excluding carboxylic acids is 2. The fourth-order valence-electron chi connectivity index (χ4n) is 2.65. The Morgan fingerprint density at radius 2 is 1.79 bits per heavy atom. The van der Waals surface area contributed by atoms with Gasteiger partial charge in [0, 0.05) is 18.3 Å². The van der Waals surface area contributed by atoms with Crippen molar-refractivity contribution in [2.75, 3.05) is 19.0 Å². The van der Waals surface area contributed by atoms with Crippen LogP contribution in [0, 0.1) is 0 Å².